The molecule has 0 amide bonds. The van der Waals surface area contributed by atoms with Crippen molar-refractivity contribution in [2.45, 2.75) is 83.0 Å². The van der Waals surface area contributed by atoms with Gasteiger partial charge in [-0.05, 0) is 80.1 Å². The van der Waals surface area contributed by atoms with Crippen molar-refractivity contribution in [3.05, 3.63) is 0 Å². The molecular formula is C17H35N3. The fourth-order valence-corrected chi connectivity index (χ4v) is 4.01. The second-order valence-electron chi connectivity index (χ2n) is 8.14. The molecule has 1 saturated carbocycles. The van der Waals surface area contributed by atoms with E-state index in [0.29, 0.717) is 0 Å². The van der Waals surface area contributed by atoms with Gasteiger partial charge in [0.25, 0.3) is 0 Å². The zero-order valence-corrected chi connectivity index (χ0v) is 14.3. The lowest BCUT2D eigenvalue weighted by Crippen LogP contribution is -2.52. The lowest BCUT2D eigenvalue weighted by Gasteiger charge is -2.43. The number of piperidine rings is 1. The lowest BCUT2D eigenvalue weighted by molar-refractivity contribution is 0.0785. The van der Waals surface area contributed by atoms with Gasteiger partial charge in [-0.15, -0.1) is 0 Å². The SMILES string of the molecule is CN(C)C1CCN([C@@H]2CCC[C@H](NC(C)(C)C)C2)CC1. The average Bonchev–Trinajstić information content (AvgIpc) is 2.37. The van der Waals surface area contributed by atoms with Crippen LogP contribution < -0.4 is 5.32 Å². The predicted molar refractivity (Wildman–Crippen MR) is 87.2 cm³/mol. The zero-order valence-electron chi connectivity index (χ0n) is 14.3. The first kappa shape index (κ1) is 16.3. The Hall–Kier alpha value is -0.120. The maximum atomic E-state index is 3.82. The maximum Gasteiger partial charge on any atom is 0.0113 e. The molecule has 0 bridgehead atoms. The molecular weight excluding hydrogens is 246 g/mol. The van der Waals surface area contributed by atoms with E-state index in [1.807, 2.05) is 0 Å². The lowest BCUT2D eigenvalue weighted by atomic mass is 9.87. The van der Waals surface area contributed by atoms with E-state index in [4.69, 9.17) is 0 Å². The molecule has 0 aromatic carbocycles. The quantitative estimate of drug-likeness (QED) is 0.858. The van der Waals surface area contributed by atoms with E-state index in [2.05, 4.69) is 50.0 Å². The summed E-state index contributed by atoms with van der Waals surface area (Å²) in [5, 5.41) is 3.82. The number of hydrogen-bond acceptors (Lipinski definition) is 3. The molecule has 2 aliphatic rings. The minimum Gasteiger partial charge on any atom is -0.309 e. The molecule has 3 nitrogen and oxygen atoms in total. The fraction of sp³-hybridized carbons (Fsp3) is 1.00. The van der Waals surface area contributed by atoms with Gasteiger partial charge >= 0.3 is 0 Å². The summed E-state index contributed by atoms with van der Waals surface area (Å²) >= 11 is 0. The molecule has 2 fully saturated rings. The molecule has 0 aromatic heterocycles. The molecule has 0 aromatic rings. The van der Waals surface area contributed by atoms with Crippen LogP contribution in [0.1, 0.15) is 59.3 Å². The van der Waals surface area contributed by atoms with Crippen LogP contribution in [0.2, 0.25) is 0 Å². The van der Waals surface area contributed by atoms with Crippen molar-refractivity contribution in [1.82, 2.24) is 15.1 Å². The van der Waals surface area contributed by atoms with Crippen LogP contribution in [0.5, 0.6) is 0 Å². The van der Waals surface area contributed by atoms with Gasteiger partial charge in [-0.3, -0.25) is 0 Å². The van der Waals surface area contributed by atoms with E-state index in [1.165, 1.54) is 51.6 Å². The van der Waals surface area contributed by atoms with Crippen LogP contribution in [0, 0.1) is 0 Å². The van der Waals surface area contributed by atoms with Gasteiger partial charge in [-0.2, -0.15) is 0 Å². The standard InChI is InChI=1S/C17H35N3/c1-17(2,3)18-14-7-6-8-16(13-14)20-11-9-15(10-12-20)19(4)5/h14-16,18H,6-13H2,1-5H3/t14-,16+/m0/s1. The first-order chi connectivity index (χ1) is 9.35. The van der Waals surface area contributed by atoms with Crippen molar-refractivity contribution in [1.29, 1.82) is 0 Å². The Morgan fingerprint density at radius 3 is 2.20 bits per heavy atom. The van der Waals surface area contributed by atoms with Crippen molar-refractivity contribution >= 4 is 0 Å². The fourth-order valence-electron chi connectivity index (χ4n) is 4.01. The largest absolute Gasteiger partial charge is 0.309 e. The van der Waals surface area contributed by atoms with Gasteiger partial charge in [0.1, 0.15) is 0 Å². The summed E-state index contributed by atoms with van der Waals surface area (Å²) < 4.78 is 0. The third-order valence-electron chi connectivity index (χ3n) is 5.03. The molecule has 0 unspecified atom stereocenters. The summed E-state index contributed by atoms with van der Waals surface area (Å²) in [4.78, 5) is 5.18. The molecule has 2 atom stereocenters. The molecule has 1 aliphatic carbocycles. The van der Waals surface area contributed by atoms with Gasteiger partial charge < -0.3 is 15.1 Å². The van der Waals surface area contributed by atoms with E-state index in [0.717, 1.165) is 18.1 Å². The Morgan fingerprint density at radius 1 is 1.00 bits per heavy atom. The number of nitrogens with zero attached hydrogens (tertiary/aromatic N) is 2. The van der Waals surface area contributed by atoms with Crippen LogP contribution in [-0.4, -0.2) is 60.6 Å². The molecule has 1 aliphatic heterocycles. The summed E-state index contributed by atoms with van der Waals surface area (Å²) in [5.41, 5.74) is 0.254. The van der Waals surface area contributed by atoms with Crippen molar-refractivity contribution in [3.8, 4) is 0 Å². The zero-order chi connectivity index (χ0) is 14.8. The third-order valence-corrected chi connectivity index (χ3v) is 5.03. The molecule has 0 spiro atoms. The van der Waals surface area contributed by atoms with E-state index in [1.54, 1.807) is 0 Å². The van der Waals surface area contributed by atoms with Crippen LogP contribution in [0.25, 0.3) is 0 Å². The van der Waals surface area contributed by atoms with Crippen LogP contribution in [0.4, 0.5) is 0 Å². The van der Waals surface area contributed by atoms with Gasteiger partial charge in [-0.1, -0.05) is 6.42 Å². The van der Waals surface area contributed by atoms with Crippen LogP contribution in [0.3, 0.4) is 0 Å². The van der Waals surface area contributed by atoms with Crippen molar-refractivity contribution in [3.63, 3.8) is 0 Å². The summed E-state index contributed by atoms with van der Waals surface area (Å²) in [7, 11) is 4.45. The molecule has 0 radical (unpaired) electrons. The summed E-state index contributed by atoms with van der Waals surface area (Å²) in [6.45, 7) is 9.48. The van der Waals surface area contributed by atoms with E-state index in [-0.39, 0.29) is 5.54 Å². The van der Waals surface area contributed by atoms with Gasteiger partial charge in [-0.25, -0.2) is 0 Å². The van der Waals surface area contributed by atoms with E-state index in [9.17, 15) is 0 Å². The highest BCUT2D eigenvalue weighted by Gasteiger charge is 2.31. The average molecular weight is 281 g/mol. The van der Waals surface area contributed by atoms with Crippen molar-refractivity contribution < 1.29 is 0 Å². The minimum absolute atomic E-state index is 0.254. The van der Waals surface area contributed by atoms with E-state index < -0.39 is 0 Å². The highest BCUT2D eigenvalue weighted by atomic mass is 15.2. The molecule has 3 heteroatoms. The van der Waals surface area contributed by atoms with Crippen LogP contribution >= 0.6 is 0 Å². The second-order valence-corrected chi connectivity index (χ2v) is 8.14. The smallest absolute Gasteiger partial charge is 0.0113 e. The van der Waals surface area contributed by atoms with Crippen molar-refractivity contribution in [2.75, 3.05) is 27.2 Å². The predicted octanol–water partition coefficient (Wildman–Crippen LogP) is 2.71. The monoisotopic (exact) mass is 281 g/mol. The molecule has 1 heterocycles. The topological polar surface area (TPSA) is 18.5 Å². The Bertz CT molecular complexity index is 287. The van der Waals surface area contributed by atoms with Crippen LogP contribution in [0.15, 0.2) is 0 Å². The first-order valence-corrected chi connectivity index (χ1v) is 8.53. The Labute approximate surface area is 126 Å². The van der Waals surface area contributed by atoms with Crippen molar-refractivity contribution in [2.24, 2.45) is 0 Å². The van der Waals surface area contributed by atoms with Gasteiger partial charge in [0.2, 0.25) is 0 Å². The number of nitrogens with one attached hydrogen (secondary N) is 1. The van der Waals surface area contributed by atoms with E-state index >= 15 is 0 Å². The molecule has 1 saturated heterocycles. The summed E-state index contributed by atoms with van der Waals surface area (Å²) in [6.07, 6.45) is 8.22. The number of rotatable bonds is 3. The first-order valence-electron chi connectivity index (χ1n) is 8.53. The summed E-state index contributed by atoms with van der Waals surface area (Å²) in [6, 6.07) is 2.35. The molecule has 20 heavy (non-hydrogen) atoms. The number of hydrogen-bond donors (Lipinski definition) is 1. The van der Waals surface area contributed by atoms with Crippen LogP contribution in [-0.2, 0) is 0 Å². The highest BCUT2D eigenvalue weighted by molar-refractivity contribution is 4.89. The third kappa shape index (κ3) is 4.71. The minimum atomic E-state index is 0.254. The van der Waals surface area contributed by atoms with Gasteiger partial charge in [0.05, 0.1) is 0 Å². The normalized spacial score (nSPS) is 30.9. The second kappa shape index (κ2) is 6.76. The Kier molecular flexibility index (Phi) is 5.49. The highest BCUT2D eigenvalue weighted by Crippen LogP contribution is 2.27. The molecule has 118 valence electrons. The molecule has 1 N–H and O–H groups in total. The number of likely N-dealkylation sites (tertiary alicyclic amines) is 1. The van der Waals surface area contributed by atoms with Gasteiger partial charge in [0, 0.05) is 23.7 Å². The Morgan fingerprint density at radius 2 is 1.65 bits per heavy atom. The molecule has 2 rings (SSSR count). The Balaban J connectivity index is 1.81. The maximum absolute atomic E-state index is 3.82. The van der Waals surface area contributed by atoms with Gasteiger partial charge in [0.15, 0.2) is 0 Å². The summed E-state index contributed by atoms with van der Waals surface area (Å²) in [5.74, 6) is 0.